The van der Waals surface area contributed by atoms with Crippen LogP contribution in [0.1, 0.15) is 48.8 Å². The fourth-order valence-electron chi connectivity index (χ4n) is 3.73. The summed E-state index contributed by atoms with van der Waals surface area (Å²) >= 11 is 0. The van der Waals surface area contributed by atoms with E-state index in [4.69, 9.17) is 0 Å². The monoisotopic (exact) mass is 284 g/mol. The molecule has 1 aliphatic carbocycles. The Morgan fingerprint density at radius 2 is 1.76 bits per heavy atom. The highest BCUT2D eigenvalue weighted by Crippen LogP contribution is 2.24. The van der Waals surface area contributed by atoms with Gasteiger partial charge in [0.05, 0.1) is 6.54 Å². The van der Waals surface area contributed by atoms with Crippen LogP contribution in [-0.2, 0) is 6.54 Å². The highest BCUT2D eigenvalue weighted by atomic mass is 15.4. The number of rotatable bonds is 3. The van der Waals surface area contributed by atoms with Gasteiger partial charge in [0.2, 0.25) is 6.33 Å². The fourth-order valence-corrected chi connectivity index (χ4v) is 3.73. The molecular weight excluding hydrogens is 258 g/mol. The Labute approximate surface area is 127 Å². The van der Waals surface area contributed by atoms with Crippen LogP contribution >= 0.6 is 0 Å². The van der Waals surface area contributed by atoms with Crippen LogP contribution in [0.5, 0.6) is 0 Å². The second kappa shape index (κ2) is 6.00. The molecule has 0 atom stereocenters. The molecule has 3 nitrogen and oxygen atoms in total. The van der Waals surface area contributed by atoms with Crippen molar-refractivity contribution in [2.45, 2.75) is 59.4 Å². The number of hydrogen-bond donors (Lipinski definition) is 0. The maximum absolute atomic E-state index is 4.58. The summed E-state index contributed by atoms with van der Waals surface area (Å²) in [5, 5.41) is 4.58. The van der Waals surface area contributed by atoms with Gasteiger partial charge >= 0.3 is 0 Å². The maximum Gasteiger partial charge on any atom is 0.265 e. The van der Waals surface area contributed by atoms with E-state index in [9.17, 15) is 0 Å². The van der Waals surface area contributed by atoms with E-state index >= 15 is 0 Å². The second-order valence-corrected chi connectivity index (χ2v) is 6.64. The molecule has 112 valence electrons. The Bertz CT molecular complexity index is 598. The average Bonchev–Trinajstić information content (AvgIpc) is 2.87. The van der Waals surface area contributed by atoms with Gasteiger partial charge in [-0.3, -0.25) is 0 Å². The van der Waals surface area contributed by atoms with Crippen molar-refractivity contribution in [2.75, 3.05) is 0 Å². The number of aromatic nitrogens is 3. The van der Waals surface area contributed by atoms with Crippen molar-refractivity contribution in [3.05, 3.63) is 41.5 Å². The topological polar surface area (TPSA) is 21.7 Å². The highest BCUT2D eigenvalue weighted by molar-refractivity contribution is 5.48. The summed E-state index contributed by atoms with van der Waals surface area (Å²) in [6.45, 7) is 7.60. The highest BCUT2D eigenvalue weighted by Gasteiger charge is 2.19. The summed E-state index contributed by atoms with van der Waals surface area (Å²) in [6.07, 6.45) is 11.1. The normalized spacial score (nSPS) is 16.3. The van der Waals surface area contributed by atoms with E-state index < -0.39 is 0 Å². The standard InChI is InChI=1S/C18H26N3/c1-14-9-15(2)18(16(3)10-14)21-13-20(12-19-21)11-17-7-5-4-6-8-17/h9-10,12-13,17H,4-8,11H2,1-3H3/q+1. The molecule has 21 heavy (non-hydrogen) atoms. The third-order valence-corrected chi connectivity index (χ3v) is 4.64. The summed E-state index contributed by atoms with van der Waals surface area (Å²) in [5.41, 5.74) is 5.12. The number of aryl methyl sites for hydroxylation is 3. The molecular formula is C18H26N3+. The van der Waals surface area contributed by atoms with Gasteiger partial charge < -0.3 is 0 Å². The van der Waals surface area contributed by atoms with Crippen LogP contribution in [0.3, 0.4) is 0 Å². The van der Waals surface area contributed by atoms with E-state index in [1.54, 1.807) is 0 Å². The van der Waals surface area contributed by atoms with Crippen molar-refractivity contribution in [3.63, 3.8) is 0 Å². The first kappa shape index (κ1) is 14.3. The summed E-state index contributed by atoms with van der Waals surface area (Å²) in [7, 11) is 0. The lowest BCUT2D eigenvalue weighted by atomic mass is 9.89. The molecule has 1 aromatic carbocycles. The molecule has 0 unspecified atom stereocenters. The molecule has 0 saturated heterocycles. The fraction of sp³-hybridized carbons (Fsp3) is 0.556. The van der Waals surface area contributed by atoms with Crippen LogP contribution in [0.15, 0.2) is 24.8 Å². The minimum Gasteiger partial charge on any atom is -0.236 e. The molecule has 1 saturated carbocycles. The van der Waals surface area contributed by atoms with E-state index in [0.29, 0.717) is 0 Å². The molecule has 0 N–H and O–H groups in total. The van der Waals surface area contributed by atoms with Gasteiger partial charge in [-0.15, -0.1) is 0 Å². The molecule has 0 bridgehead atoms. The predicted octanol–water partition coefficient (Wildman–Crippen LogP) is 3.67. The van der Waals surface area contributed by atoms with Crippen molar-refractivity contribution in [2.24, 2.45) is 5.92 Å². The second-order valence-electron chi connectivity index (χ2n) is 6.64. The minimum absolute atomic E-state index is 0.835. The first-order valence-corrected chi connectivity index (χ1v) is 8.15. The molecule has 3 rings (SSSR count). The third kappa shape index (κ3) is 3.17. The molecule has 1 aromatic heterocycles. The van der Waals surface area contributed by atoms with Crippen LogP contribution in [0.4, 0.5) is 0 Å². The SMILES string of the molecule is Cc1cc(C)c(-n2c[n+](CC3CCCCC3)cn2)c(C)c1. The van der Waals surface area contributed by atoms with E-state index in [0.717, 1.165) is 12.5 Å². The molecule has 0 aliphatic heterocycles. The Hall–Kier alpha value is -1.64. The van der Waals surface area contributed by atoms with E-state index in [1.165, 1.54) is 54.5 Å². The van der Waals surface area contributed by atoms with Gasteiger partial charge in [0.15, 0.2) is 0 Å². The lowest BCUT2D eigenvalue weighted by Crippen LogP contribution is -2.36. The zero-order valence-corrected chi connectivity index (χ0v) is 13.5. The first-order valence-electron chi connectivity index (χ1n) is 8.15. The van der Waals surface area contributed by atoms with Gasteiger partial charge in [-0.1, -0.05) is 41.6 Å². The summed E-state index contributed by atoms with van der Waals surface area (Å²) < 4.78 is 4.29. The van der Waals surface area contributed by atoms with Crippen LogP contribution in [0.2, 0.25) is 0 Å². The maximum atomic E-state index is 4.58. The Kier molecular flexibility index (Phi) is 4.09. The summed E-state index contributed by atoms with van der Waals surface area (Å²) in [6, 6.07) is 4.46. The van der Waals surface area contributed by atoms with Crippen LogP contribution in [0.25, 0.3) is 5.69 Å². The molecule has 2 aromatic rings. The Morgan fingerprint density at radius 1 is 1.10 bits per heavy atom. The van der Waals surface area contributed by atoms with Crippen molar-refractivity contribution >= 4 is 0 Å². The largest absolute Gasteiger partial charge is 0.265 e. The van der Waals surface area contributed by atoms with Crippen LogP contribution in [-0.4, -0.2) is 9.78 Å². The summed E-state index contributed by atoms with van der Waals surface area (Å²) in [4.78, 5) is 0. The van der Waals surface area contributed by atoms with Crippen molar-refractivity contribution in [1.82, 2.24) is 9.78 Å². The molecule has 1 fully saturated rings. The molecule has 1 heterocycles. The van der Waals surface area contributed by atoms with E-state index in [1.807, 2.05) is 11.0 Å². The number of hydrogen-bond acceptors (Lipinski definition) is 1. The zero-order chi connectivity index (χ0) is 14.8. The molecule has 3 heteroatoms. The Morgan fingerprint density at radius 3 is 2.43 bits per heavy atom. The Balaban J connectivity index is 1.81. The van der Waals surface area contributed by atoms with E-state index in [2.05, 4.69) is 48.9 Å². The van der Waals surface area contributed by atoms with Gasteiger partial charge in [0.25, 0.3) is 6.33 Å². The number of benzene rings is 1. The van der Waals surface area contributed by atoms with Gasteiger partial charge in [-0.2, -0.15) is 0 Å². The molecule has 0 spiro atoms. The molecule has 1 aliphatic rings. The van der Waals surface area contributed by atoms with Gasteiger partial charge in [0, 0.05) is 5.10 Å². The molecule has 0 amide bonds. The van der Waals surface area contributed by atoms with Gasteiger partial charge in [0.1, 0.15) is 5.69 Å². The predicted molar refractivity (Wildman–Crippen MR) is 84.5 cm³/mol. The van der Waals surface area contributed by atoms with Crippen LogP contribution in [0, 0.1) is 26.7 Å². The van der Waals surface area contributed by atoms with Crippen LogP contribution < -0.4 is 4.57 Å². The lowest BCUT2D eigenvalue weighted by Gasteiger charge is -2.19. The minimum atomic E-state index is 0.835. The average molecular weight is 284 g/mol. The van der Waals surface area contributed by atoms with Crippen molar-refractivity contribution in [1.29, 1.82) is 0 Å². The zero-order valence-electron chi connectivity index (χ0n) is 13.5. The van der Waals surface area contributed by atoms with Crippen molar-refractivity contribution in [3.8, 4) is 5.69 Å². The lowest BCUT2D eigenvalue weighted by molar-refractivity contribution is -0.704. The molecule has 0 radical (unpaired) electrons. The van der Waals surface area contributed by atoms with E-state index in [-0.39, 0.29) is 0 Å². The third-order valence-electron chi connectivity index (χ3n) is 4.64. The quantitative estimate of drug-likeness (QED) is 0.788. The first-order chi connectivity index (χ1) is 10.1. The summed E-state index contributed by atoms with van der Waals surface area (Å²) in [5.74, 6) is 0.835. The smallest absolute Gasteiger partial charge is 0.236 e. The van der Waals surface area contributed by atoms with Gasteiger partial charge in [-0.05, 0) is 50.7 Å². The number of nitrogens with zero attached hydrogens (tertiary/aromatic N) is 3. The van der Waals surface area contributed by atoms with Gasteiger partial charge in [-0.25, -0.2) is 4.57 Å². The van der Waals surface area contributed by atoms with Crippen molar-refractivity contribution < 1.29 is 4.57 Å².